The molecule has 0 radical (unpaired) electrons. The van der Waals surface area contributed by atoms with Gasteiger partial charge in [-0.2, -0.15) is 0 Å². The third kappa shape index (κ3) is 2.55. The largest absolute Gasteiger partial charge is 0.299 e. The van der Waals surface area contributed by atoms with Crippen LogP contribution in [0.4, 0.5) is 4.39 Å². The van der Waals surface area contributed by atoms with E-state index in [1.807, 2.05) is 0 Å². The molecule has 0 aromatic heterocycles. The number of hydrogen-bond donors (Lipinski definition) is 0. The Morgan fingerprint density at radius 2 is 2.06 bits per heavy atom. The maximum atomic E-state index is 12.9. The van der Waals surface area contributed by atoms with Crippen molar-refractivity contribution in [2.45, 2.75) is 19.3 Å². The second-order valence-electron chi connectivity index (χ2n) is 3.97. The summed E-state index contributed by atoms with van der Waals surface area (Å²) in [5.74, 6) is -0.555. The van der Waals surface area contributed by atoms with E-state index in [0.717, 1.165) is 12.8 Å². The Kier molecular flexibility index (Phi) is 3.19. The molecule has 0 N–H and O–H groups in total. The molecule has 2 nitrogen and oxygen atoms in total. The third-order valence-electron chi connectivity index (χ3n) is 2.61. The summed E-state index contributed by atoms with van der Waals surface area (Å²) < 4.78 is 13.2. The SMILES string of the molecule is O=C(CC(=O)C1CC1)c1ccc(F)c(Br)c1. The van der Waals surface area contributed by atoms with Crippen molar-refractivity contribution >= 4 is 27.5 Å². The fourth-order valence-corrected chi connectivity index (χ4v) is 1.86. The van der Waals surface area contributed by atoms with Gasteiger partial charge in [-0.15, -0.1) is 0 Å². The van der Waals surface area contributed by atoms with Crippen molar-refractivity contribution in [3.63, 3.8) is 0 Å². The lowest BCUT2D eigenvalue weighted by atomic mass is 10.0. The van der Waals surface area contributed by atoms with Gasteiger partial charge in [0, 0.05) is 11.5 Å². The normalized spacial score (nSPS) is 14.9. The van der Waals surface area contributed by atoms with Crippen LogP contribution in [0.15, 0.2) is 22.7 Å². The molecule has 0 spiro atoms. The van der Waals surface area contributed by atoms with Gasteiger partial charge >= 0.3 is 0 Å². The van der Waals surface area contributed by atoms with E-state index in [9.17, 15) is 14.0 Å². The van der Waals surface area contributed by atoms with Crippen molar-refractivity contribution < 1.29 is 14.0 Å². The van der Waals surface area contributed by atoms with Crippen molar-refractivity contribution in [1.82, 2.24) is 0 Å². The molecule has 0 amide bonds. The van der Waals surface area contributed by atoms with Gasteiger partial charge in [0.05, 0.1) is 10.9 Å². The molecule has 0 heterocycles. The molecule has 4 heteroatoms. The summed E-state index contributed by atoms with van der Waals surface area (Å²) in [6, 6.07) is 4.04. The minimum Gasteiger partial charge on any atom is -0.299 e. The van der Waals surface area contributed by atoms with Crippen LogP contribution in [0.2, 0.25) is 0 Å². The van der Waals surface area contributed by atoms with Gasteiger partial charge < -0.3 is 0 Å². The highest BCUT2D eigenvalue weighted by molar-refractivity contribution is 9.10. The van der Waals surface area contributed by atoms with Gasteiger partial charge in [-0.3, -0.25) is 9.59 Å². The predicted octanol–water partition coefficient (Wildman–Crippen LogP) is 3.14. The van der Waals surface area contributed by atoms with Crippen LogP contribution in [-0.2, 0) is 4.79 Å². The van der Waals surface area contributed by atoms with E-state index < -0.39 is 5.82 Å². The van der Waals surface area contributed by atoms with Crippen LogP contribution in [0.5, 0.6) is 0 Å². The summed E-state index contributed by atoms with van der Waals surface area (Å²) in [6.07, 6.45) is 1.74. The van der Waals surface area contributed by atoms with Crippen molar-refractivity contribution in [2.75, 3.05) is 0 Å². The minimum absolute atomic E-state index is 0.00504. The lowest BCUT2D eigenvalue weighted by Gasteiger charge is -2.01. The molecule has 0 unspecified atom stereocenters. The highest BCUT2D eigenvalue weighted by Crippen LogP contribution is 2.31. The number of benzene rings is 1. The van der Waals surface area contributed by atoms with E-state index in [2.05, 4.69) is 15.9 Å². The maximum absolute atomic E-state index is 12.9. The Labute approximate surface area is 101 Å². The molecule has 1 aromatic carbocycles. The number of carbonyl (C=O) groups excluding carboxylic acids is 2. The first-order valence-electron chi connectivity index (χ1n) is 5.09. The summed E-state index contributed by atoms with van der Waals surface area (Å²) in [6.45, 7) is 0. The van der Waals surface area contributed by atoms with Crippen LogP contribution in [-0.4, -0.2) is 11.6 Å². The molecule has 0 atom stereocenters. The molecule has 2 rings (SSSR count). The summed E-state index contributed by atoms with van der Waals surface area (Å²) in [4.78, 5) is 23.1. The van der Waals surface area contributed by atoms with E-state index in [4.69, 9.17) is 0 Å². The molecule has 84 valence electrons. The Morgan fingerprint density at radius 1 is 1.38 bits per heavy atom. The summed E-state index contributed by atoms with van der Waals surface area (Å²) in [5.41, 5.74) is 0.377. The smallest absolute Gasteiger partial charge is 0.170 e. The molecule has 1 aliphatic carbocycles. The van der Waals surface area contributed by atoms with E-state index >= 15 is 0 Å². The standard InChI is InChI=1S/C12H10BrFO2/c13-9-5-8(3-4-10(9)14)12(16)6-11(15)7-1-2-7/h3-5,7H,1-2,6H2. The van der Waals surface area contributed by atoms with Crippen LogP contribution in [0.3, 0.4) is 0 Å². The van der Waals surface area contributed by atoms with Crippen LogP contribution >= 0.6 is 15.9 Å². The lowest BCUT2D eigenvalue weighted by Crippen LogP contribution is -2.09. The Bertz CT molecular complexity index is 452. The first-order valence-corrected chi connectivity index (χ1v) is 5.88. The first-order chi connectivity index (χ1) is 7.58. The highest BCUT2D eigenvalue weighted by Gasteiger charge is 2.30. The second-order valence-corrected chi connectivity index (χ2v) is 4.82. The van der Waals surface area contributed by atoms with E-state index in [1.54, 1.807) is 0 Å². The number of ketones is 2. The van der Waals surface area contributed by atoms with Gasteiger partial charge in [-0.1, -0.05) is 0 Å². The lowest BCUT2D eigenvalue weighted by molar-refractivity contribution is -0.119. The Balaban J connectivity index is 2.08. The van der Waals surface area contributed by atoms with Gasteiger partial charge in [0.1, 0.15) is 11.6 Å². The van der Waals surface area contributed by atoms with Crippen molar-refractivity contribution in [1.29, 1.82) is 0 Å². The monoisotopic (exact) mass is 284 g/mol. The quantitative estimate of drug-likeness (QED) is 0.629. The highest BCUT2D eigenvalue weighted by atomic mass is 79.9. The van der Waals surface area contributed by atoms with Gasteiger partial charge in [-0.05, 0) is 47.0 Å². The van der Waals surface area contributed by atoms with Gasteiger partial charge in [-0.25, -0.2) is 4.39 Å². The van der Waals surface area contributed by atoms with Gasteiger partial charge in [0.25, 0.3) is 0 Å². The van der Waals surface area contributed by atoms with Crippen LogP contribution in [0.1, 0.15) is 29.6 Å². The Morgan fingerprint density at radius 3 is 2.62 bits per heavy atom. The van der Waals surface area contributed by atoms with Crippen molar-refractivity contribution in [2.24, 2.45) is 5.92 Å². The summed E-state index contributed by atoms with van der Waals surface area (Å²) >= 11 is 3.01. The zero-order valence-corrected chi connectivity index (χ0v) is 10.1. The van der Waals surface area contributed by atoms with Crippen LogP contribution < -0.4 is 0 Å². The zero-order chi connectivity index (χ0) is 11.7. The molecule has 0 saturated heterocycles. The zero-order valence-electron chi connectivity index (χ0n) is 8.50. The number of hydrogen-bond acceptors (Lipinski definition) is 2. The molecular weight excluding hydrogens is 275 g/mol. The maximum Gasteiger partial charge on any atom is 0.170 e. The molecule has 1 fully saturated rings. The minimum atomic E-state index is -0.412. The number of Topliss-reactive ketones (excluding diaryl/α,β-unsaturated/α-hetero) is 2. The number of halogens is 2. The van der Waals surface area contributed by atoms with Crippen LogP contribution in [0, 0.1) is 11.7 Å². The molecule has 1 aromatic rings. The fraction of sp³-hybridized carbons (Fsp3) is 0.333. The number of rotatable bonds is 4. The van der Waals surface area contributed by atoms with Crippen molar-refractivity contribution in [3.8, 4) is 0 Å². The van der Waals surface area contributed by atoms with Crippen LogP contribution in [0.25, 0.3) is 0 Å². The second kappa shape index (κ2) is 4.45. The molecule has 16 heavy (non-hydrogen) atoms. The van der Waals surface area contributed by atoms with Gasteiger partial charge in [0.2, 0.25) is 0 Å². The Hall–Kier alpha value is -1.03. The van der Waals surface area contributed by atoms with E-state index in [1.165, 1.54) is 18.2 Å². The average molecular weight is 285 g/mol. The summed E-state index contributed by atoms with van der Waals surface area (Å²) in [5, 5.41) is 0. The molecular formula is C12H10BrFO2. The van der Waals surface area contributed by atoms with Gasteiger partial charge in [0.15, 0.2) is 5.78 Å². The molecule has 0 aliphatic heterocycles. The van der Waals surface area contributed by atoms with Crippen molar-refractivity contribution in [3.05, 3.63) is 34.1 Å². The summed E-state index contributed by atoms with van der Waals surface area (Å²) in [7, 11) is 0. The average Bonchev–Trinajstić information content (AvgIpc) is 3.05. The fourth-order valence-electron chi connectivity index (χ4n) is 1.48. The van der Waals surface area contributed by atoms with E-state index in [0.29, 0.717) is 5.56 Å². The molecule has 0 bridgehead atoms. The number of carbonyl (C=O) groups is 2. The molecule has 1 saturated carbocycles. The molecule has 1 aliphatic rings. The third-order valence-corrected chi connectivity index (χ3v) is 3.22. The first kappa shape index (κ1) is 11.5. The topological polar surface area (TPSA) is 34.1 Å². The predicted molar refractivity (Wildman–Crippen MR) is 60.8 cm³/mol. The van der Waals surface area contributed by atoms with E-state index in [-0.39, 0.29) is 28.4 Å².